The van der Waals surface area contributed by atoms with Gasteiger partial charge in [0.05, 0.1) is 28.1 Å². The third-order valence-electron chi connectivity index (χ3n) is 7.10. The Morgan fingerprint density at radius 2 is 1.15 bits per heavy atom. The van der Waals surface area contributed by atoms with Crippen molar-refractivity contribution in [2.45, 2.75) is 15.9 Å². The van der Waals surface area contributed by atoms with Crippen molar-refractivity contribution in [1.82, 2.24) is 0 Å². The Kier molecular flexibility index (Phi) is 4.38. The number of carbonyl (C=O) groups excluding carboxylic acids is 2. The standard InChI is InChI=1S/C25H13Cl3F3NO2/c26-17-10-9-12(25(29,30)31)11-18(17)32-21(33)19-20(22(32)34)24(28)14-6-2-1-5-13(14)23(19,27)15-7-3-4-8-16(15)24/h1-11,19-20H/t19-,20+,23?,24?. The molecule has 34 heavy (non-hydrogen) atoms. The summed E-state index contributed by atoms with van der Waals surface area (Å²) in [5.41, 5.74) is 1.04. The van der Waals surface area contributed by atoms with E-state index < -0.39 is 45.1 Å². The Labute approximate surface area is 207 Å². The lowest BCUT2D eigenvalue weighted by atomic mass is 9.54. The predicted octanol–water partition coefficient (Wildman–Crippen LogP) is 6.46. The van der Waals surface area contributed by atoms with E-state index in [1.165, 1.54) is 0 Å². The number of hydrogen-bond donors (Lipinski definition) is 0. The van der Waals surface area contributed by atoms with E-state index in [9.17, 15) is 22.8 Å². The number of rotatable bonds is 1. The summed E-state index contributed by atoms with van der Waals surface area (Å²) in [5, 5.41) is -0.164. The van der Waals surface area contributed by atoms with Crippen molar-refractivity contribution < 1.29 is 22.8 Å². The number of halogens is 6. The first-order valence-electron chi connectivity index (χ1n) is 10.3. The zero-order chi connectivity index (χ0) is 24.2. The summed E-state index contributed by atoms with van der Waals surface area (Å²) in [6.07, 6.45) is -4.69. The van der Waals surface area contributed by atoms with Gasteiger partial charge in [0.15, 0.2) is 0 Å². The molecule has 4 aliphatic rings. The van der Waals surface area contributed by atoms with Crippen LogP contribution in [0.5, 0.6) is 0 Å². The molecule has 0 unspecified atom stereocenters. The summed E-state index contributed by atoms with van der Waals surface area (Å²) < 4.78 is 40.3. The minimum Gasteiger partial charge on any atom is -0.274 e. The quantitative estimate of drug-likeness (QED) is 0.272. The van der Waals surface area contributed by atoms with E-state index in [0.717, 1.165) is 17.0 Å². The van der Waals surface area contributed by atoms with Gasteiger partial charge in [-0.3, -0.25) is 9.59 Å². The van der Waals surface area contributed by atoms with Crippen molar-refractivity contribution in [2.75, 3.05) is 4.90 Å². The van der Waals surface area contributed by atoms with E-state index in [1.54, 1.807) is 48.5 Å². The summed E-state index contributed by atoms with van der Waals surface area (Å²) in [4.78, 5) is 25.6. The SMILES string of the molecule is O=C1[C@@H]2[C@H](C(=O)N1c1cc(C(F)(F)F)ccc1Cl)C1(Cl)c3ccccc3C2(Cl)c2ccccc21. The first kappa shape index (κ1) is 22.0. The molecule has 0 aromatic heterocycles. The van der Waals surface area contributed by atoms with Crippen LogP contribution >= 0.6 is 34.8 Å². The highest BCUT2D eigenvalue weighted by atomic mass is 35.5. The lowest BCUT2D eigenvalue weighted by Crippen LogP contribution is -2.57. The van der Waals surface area contributed by atoms with Gasteiger partial charge in [-0.05, 0) is 40.5 Å². The molecule has 1 aliphatic heterocycles. The third kappa shape index (κ3) is 2.46. The van der Waals surface area contributed by atoms with Crippen LogP contribution in [-0.2, 0) is 25.5 Å². The van der Waals surface area contributed by atoms with Crippen LogP contribution in [0.2, 0.25) is 5.02 Å². The molecule has 172 valence electrons. The molecule has 3 aliphatic carbocycles. The van der Waals surface area contributed by atoms with Crippen LogP contribution < -0.4 is 4.90 Å². The summed E-state index contributed by atoms with van der Waals surface area (Å²) in [6.45, 7) is 0. The lowest BCUT2D eigenvalue weighted by Gasteiger charge is -2.54. The van der Waals surface area contributed by atoms with Crippen molar-refractivity contribution >= 4 is 52.3 Å². The van der Waals surface area contributed by atoms with Crippen LogP contribution in [0.4, 0.5) is 18.9 Å². The van der Waals surface area contributed by atoms with E-state index in [4.69, 9.17) is 34.8 Å². The molecule has 0 radical (unpaired) electrons. The van der Waals surface area contributed by atoms with Gasteiger partial charge in [-0.15, -0.1) is 23.2 Å². The lowest BCUT2D eigenvalue weighted by molar-refractivity contribution is -0.137. The second-order valence-corrected chi connectivity index (χ2v) is 10.2. The first-order valence-corrected chi connectivity index (χ1v) is 11.5. The van der Waals surface area contributed by atoms with E-state index in [0.29, 0.717) is 28.3 Å². The monoisotopic (exact) mass is 521 g/mol. The fourth-order valence-electron chi connectivity index (χ4n) is 5.76. The molecule has 1 fully saturated rings. The molecule has 1 saturated heterocycles. The molecule has 2 bridgehead atoms. The summed E-state index contributed by atoms with van der Waals surface area (Å²) in [6, 6.07) is 16.7. The highest BCUT2D eigenvalue weighted by molar-refractivity contribution is 6.40. The van der Waals surface area contributed by atoms with Gasteiger partial charge in [-0.2, -0.15) is 13.2 Å². The number of imide groups is 1. The maximum absolute atomic E-state index is 13.8. The molecule has 3 aromatic rings. The maximum Gasteiger partial charge on any atom is 0.416 e. The molecule has 3 aromatic carbocycles. The first-order chi connectivity index (χ1) is 16.0. The van der Waals surface area contributed by atoms with E-state index >= 15 is 0 Å². The number of amides is 2. The Hall–Kier alpha value is -2.54. The Bertz CT molecular complexity index is 1300. The van der Waals surface area contributed by atoms with Crippen LogP contribution in [0, 0.1) is 11.8 Å². The molecule has 0 N–H and O–H groups in total. The Morgan fingerprint density at radius 3 is 1.53 bits per heavy atom. The maximum atomic E-state index is 13.8. The van der Waals surface area contributed by atoms with Gasteiger partial charge in [0.2, 0.25) is 11.8 Å². The molecular weight excluding hydrogens is 510 g/mol. The number of hydrogen-bond acceptors (Lipinski definition) is 2. The predicted molar refractivity (Wildman–Crippen MR) is 122 cm³/mol. The van der Waals surface area contributed by atoms with Gasteiger partial charge >= 0.3 is 6.18 Å². The molecule has 1 heterocycles. The van der Waals surface area contributed by atoms with Crippen molar-refractivity contribution in [2.24, 2.45) is 11.8 Å². The Morgan fingerprint density at radius 1 is 0.735 bits per heavy atom. The molecular formula is C25H13Cl3F3NO2. The van der Waals surface area contributed by atoms with Crippen LogP contribution in [0.3, 0.4) is 0 Å². The summed E-state index contributed by atoms with van der Waals surface area (Å²) >= 11 is 20.8. The van der Waals surface area contributed by atoms with E-state index in [-0.39, 0.29) is 10.7 Å². The summed E-state index contributed by atoms with van der Waals surface area (Å²) in [7, 11) is 0. The third-order valence-corrected chi connectivity index (χ3v) is 8.70. The van der Waals surface area contributed by atoms with Gasteiger partial charge in [-0.25, -0.2) is 4.90 Å². The molecule has 0 saturated carbocycles. The normalized spacial score (nSPS) is 29.2. The molecule has 9 heteroatoms. The highest BCUT2D eigenvalue weighted by Gasteiger charge is 2.73. The van der Waals surface area contributed by atoms with Gasteiger partial charge in [-0.1, -0.05) is 60.1 Å². The molecule has 7 rings (SSSR count). The van der Waals surface area contributed by atoms with Gasteiger partial charge in [0.25, 0.3) is 0 Å². The largest absolute Gasteiger partial charge is 0.416 e. The fourth-order valence-corrected chi connectivity index (χ4v) is 7.06. The van der Waals surface area contributed by atoms with Crippen molar-refractivity contribution in [3.63, 3.8) is 0 Å². The van der Waals surface area contributed by atoms with Crippen LogP contribution in [0.25, 0.3) is 0 Å². The Balaban J connectivity index is 1.62. The number of benzene rings is 3. The average Bonchev–Trinajstić information content (AvgIpc) is 3.08. The highest BCUT2D eigenvalue weighted by Crippen LogP contribution is 2.69. The van der Waals surface area contributed by atoms with Crippen molar-refractivity contribution in [3.8, 4) is 0 Å². The van der Waals surface area contributed by atoms with Crippen LogP contribution in [0.15, 0.2) is 66.7 Å². The smallest absolute Gasteiger partial charge is 0.274 e. The number of carbonyl (C=O) groups is 2. The van der Waals surface area contributed by atoms with Crippen LogP contribution in [-0.4, -0.2) is 11.8 Å². The van der Waals surface area contributed by atoms with Crippen molar-refractivity contribution in [1.29, 1.82) is 0 Å². The van der Waals surface area contributed by atoms with E-state index in [1.807, 2.05) is 0 Å². The average molecular weight is 523 g/mol. The minimum absolute atomic E-state index is 0.164. The zero-order valence-electron chi connectivity index (χ0n) is 17.0. The fraction of sp³-hybridized carbons (Fsp3) is 0.200. The summed E-state index contributed by atoms with van der Waals surface area (Å²) in [5.74, 6) is -3.73. The topological polar surface area (TPSA) is 37.4 Å². The zero-order valence-corrected chi connectivity index (χ0v) is 19.3. The number of alkyl halides is 5. The molecule has 2 atom stereocenters. The minimum atomic E-state index is -4.69. The number of anilines is 1. The number of nitrogens with zero attached hydrogens (tertiary/aromatic N) is 1. The second kappa shape index (κ2) is 6.78. The molecule has 3 nitrogen and oxygen atoms in total. The van der Waals surface area contributed by atoms with Gasteiger partial charge in [0.1, 0.15) is 9.75 Å². The van der Waals surface area contributed by atoms with Gasteiger partial charge < -0.3 is 0 Å². The molecule has 0 spiro atoms. The van der Waals surface area contributed by atoms with Gasteiger partial charge in [0, 0.05) is 0 Å². The van der Waals surface area contributed by atoms with Crippen molar-refractivity contribution in [3.05, 3.63) is 99.6 Å². The molecule has 2 amide bonds. The van der Waals surface area contributed by atoms with E-state index in [2.05, 4.69) is 0 Å². The second-order valence-electron chi connectivity index (χ2n) is 8.65. The van der Waals surface area contributed by atoms with Crippen LogP contribution in [0.1, 0.15) is 27.8 Å².